The Morgan fingerprint density at radius 2 is 2.06 bits per heavy atom. The van der Waals surface area contributed by atoms with Gasteiger partial charge in [0.15, 0.2) is 0 Å². The third kappa shape index (κ3) is 3.47. The lowest BCUT2D eigenvalue weighted by molar-refractivity contribution is 0.109. The highest BCUT2D eigenvalue weighted by molar-refractivity contribution is 5.35. The molecule has 0 aliphatic heterocycles. The fourth-order valence-electron chi connectivity index (χ4n) is 2.72. The molecular weight excluding hydrogens is 226 g/mol. The second kappa shape index (κ2) is 6.21. The van der Waals surface area contributed by atoms with Crippen molar-refractivity contribution in [2.45, 2.75) is 45.3 Å². The number of hydrogen-bond donors (Lipinski definition) is 3. The molecule has 1 fully saturated rings. The van der Waals surface area contributed by atoms with E-state index in [0.717, 1.165) is 24.0 Å². The maximum atomic E-state index is 10.0. The number of rotatable bonds is 5. The van der Waals surface area contributed by atoms with E-state index in [9.17, 15) is 10.2 Å². The summed E-state index contributed by atoms with van der Waals surface area (Å²) in [6.45, 7) is 3.23. The summed E-state index contributed by atoms with van der Waals surface area (Å²) in [6, 6.07) is 5.59. The average Bonchev–Trinajstić information content (AvgIpc) is 2.87. The molecule has 100 valence electrons. The predicted octanol–water partition coefficient (Wildman–Crippen LogP) is 2.34. The Kier molecular flexibility index (Phi) is 4.61. The maximum Gasteiger partial charge on any atom is 0.120 e. The van der Waals surface area contributed by atoms with Crippen LogP contribution in [0.1, 0.15) is 36.8 Å². The van der Waals surface area contributed by atoms with Gasteiger partial charge in [-0.05, 0) is 31.7 Å². The van der Waals surface area contributed by atoms with Crippen LogP contribution < -0.4 is 5.32 Å². The van der Waals surface area contributed by atoms with Gasteiger partial charge in [0.25, 0.3) is 0 Å². The summed E-state index contributed by atoms with van der Waals surface area (Å²) in [5.41, 5.74) is 2.04. The molecule has 3 heteroatoms. The molecule has 3 N–H and O–H groups in total. The largest absolute Gasteiger partial charge is 0.508 e. The zero-order valence-electron chi connectivity index (χ0n) is 11.0. The lowest BCUT2D eigenvalue weighted by atomic mass is 10.0. The molecule has 18 heavy (non-hydrogen) atoms. The van der Waals surface area contributed by atoms with E-state index in [0.29, 0.717) is 24.8 Å². The molecule has 0 radical (unpaired) electrons. The van der Waals surface area contributed by atoms with Gasteiger partial charge in [-0.25, -0.2) is 0 Å². The molecule has 0 heterocycles. The third-order valence-corrected chi connectivity index (χ3v) is 3.85. The van der Waals surface area contributed by atoms with Crippen LogP contribution in [0.3, 0.4) is 0 Å². The van der Waals surface area contributed by atoms with Crippen molar-refractivity contribution in [3.8, 4) is 5.75 Å². The van der Waals surface area contributed by atoms with Crippen LogP contribution in [0.25, 0.3) is 0 Å². The first-order chi connectivity index (χ1) is 8.66. The monoisotopic (exact) mass is 249 g/mol. The molecular formula is C15H23NO2. The summed E-state index contributed by atoms with van der Waals surface area (Å²) in [6.07, 6.45) is 4.55. The van der Waals surface area contributed by atoms with Crippen molar-refractivity contribution in [1.29, 1.82) is 0 Å². The lowest BCUT2D eigenvalue weighted by Gasteiger charge is -2.18. The minimum Gasteiger partial charge on any atom is -0.508 e. The van der Waals surface area contributed by atoms with Gasteiger partial charge in [0, 0.05) is 18.7 Å². The smallest absolute Gasteiger partial charge is 0.120 e. The molecule has 1 aromatic rings. The number of aromatic hydroxyl groups is 1. The van der Waals surface area contributed by atoms with Gasteiger partial charge in [-0.15, -0.1) is 0 Å². The molecule has 0 spiro atoms. The van der Waals surface area contributed by atoms with Crippen LogP contribution in [-0.2, 0) is 6.54 Å². The van der Waals surface area contributed by atoms with E-state index in [4.69, 9.17) is 0 Å². The summed E-state index contributed by atoms with van der Waals surface area (Å²) >= 11 is 0. The van der Waals surface area contributed by atoms with Gasteiger partial charge in [0.05, 0.1) is 6.10 Å². The van der Waals surface area contributed by atoms with Gasteiger partial charge < -0.3 is 15.5 Å². The van der Waals surface area contributed by atoms with Gasteiger partial charge in [0.1, 0.15) is 5.75 Å². The first-order valence-corrected chi connectivity index (χ1v) is 6.84. The Hall–Kier alpha value is -1.06. The molecule has 0 amide bonds. The lowest BCUT2D eigenvalue weighted by Crippen LogP contribution is -2.31. The fourth-order valence-corrected chi connectivity index (χ4v) is 2.72. The molecule has 1 saturated carbocycles. The van der Waals surface area contributed by atoms with Crippen molar-refractivity contribution in [3.05, 3.63) is 29.3 Å². The maximum absolute atomic E-state index is 10.0. The van der Waals surface area contributed by atoms with Crippen molar-refractivity contribution in [3.63, 3.8) is 0 Å². The van der Waals surface area contributed by atoms with Gasteiger partial charge in [0.2, 0.25) is 0 Å². The first-order valence-electron chi connectivity index (χ1n) is 6.84. The highest BCUT2D eigenvalue weighted by atomic mass is 16.3. The van der Waals surface area contributed by atoms with Gasteiger partial charge in [-0.2, -0.15) is 0 Å². The predicted molar refractivity (Wildman–Crippen MR) is 72.5 cm³/mol. The third-order valence-electron chi connectivity index (χ3n) is 3.85. The molecule has 1 unspecified atom stereocenters. The van der Waals surface area contributed by atoms with Crippen LogP contribution in [0.2, 0.25) is 0 Å². The van der Waals surface area contributed by atoms with Crippen LogP contribution in [0.4, 0.5) is 0 Å². The number of benzene rings is 1. The Labute approximate surface area is 109 Å². The number of phenols is 1. The van der Waals surface area contributed by atoms with Crippen LogP contribution in [0.15, 0.2) is 18.2 Å². The van der Waals surface area contributed by atoms with E-state index in [1.165, 1.54) is 12.8 Å². The zero-order chi connectivity index (χ0) is 13.0. The summed E-state index contributed by atoms with van der Waals surface area (Å²) in [4.78, 5) is 0. The van der Waals surface area contributed by atoms with E-state index in [1.54, 1.807) is 6.07 Å². The van der Waals surface area contributed by atoms with E-state index < -0.39 is 0 Å². The van der Waals surface area contributed by atoms with Crippen molar-refractivity contribution in [2.75, 3.05) is 6.54 Å². The number of hydrogen-bond acceptors (Lipinski definition) is 3. The molecule has 1 aliphatic carbocycles. The molecule has 2 rings (SSSR count). The van der Waals surface area contributed by atoms with E-state index in [2.05, 4.69) is 5.32 Å². The highest BCUT2D eigenvalue weighted by Gasteiger charge is 2.22. The second-order valence-electron chi connectivity index (χ2n) is 5.37. The van der Waals surface area contributed by atoms with Crippen molar-refractivity contribution >= 4 is 0 Å². The SMILES string of the molecule is Cc1ccc(O)c(CNCC(O)C2CCCC2)c1. The molecule has 3 nitrogen and oxygen atoms in total. The van der Waals surface area contributed by atoms with E-state index >= 15 is 0 Å². The normalized spacial score (nSPS) is 18.1. The molecule has 0 aromatic heterocycles. The quantitative estimate of drug-likeness (QED) is 0.751. The average molecular weight is 249 g/mol. The number of aryl methyl sites for hydroxylation is 1. The van der Waals surface area contributed by atoms with Crippen molar-refractivity contribution in [2.24, 2.45) is 5.92 Å². The van der Waals surface area contributed by atoms with E-state index in [1.807, 2.05) is 19.1 Å². The van der Waals surface area contributed by atoms with Crippen LogP contribution >= 0.6 is 0 Å². The van der Waals surface area contributed by atoms with Crippen LogP contribution in [0.5, 0.6) is 5.75 Å². The van der Waals surface area contributed by atoms with Crippen molar-refractivity contribution < 1.29 is 10.2 Å². The van der Waals surface area contributed by atoms with Crippen molar-refractivity contribution in [1.82, 2.24) is 5.32 Å². The van der Waals surface area contributed by atoms with Gasteiger partial charge >= 0.3 is 0 Å². The molecule has 0 bridgehead atoms. The molecule has 1 aromatic carbocycles. The minimum atomic E-state index is -0.251. The molecule has 0 saturated heterocycles. The van der Waals surface area contributed by atoms with Crippen LogP contribution in [0, 0.1) is 12.8 Å². The van der Waals surface area contributed by atoms with Crippen LogP contribution in [-0.4, -0.2) is 22.9 Å². The zero-order valence-corrected chi connectivity index (χ0v) is 11.0. The second-order valence-corrected chi connectivity index (χ2v) is 5.37. The Bertz CT molecular complexity index is 386. The summed E-state index contributed by atoms with van der Waals surface area (Å²) in [5.74, 6) is 0.784. The van der Waals surface area contributed by atoms with E-state index in [-0.39, 0.29) is 6.10 Å². The highest BCUT2D eigenvalue weighted by Crippen LogP contribution is 2.27. The van der Waals surface area contributed by atoms with Gasteiger partial charge in [-0.3, -0.25) is 0 Å². The Balaban J connectivity index is 1.79. The Morgan fingerprint density at radius 1 is 1.33 bits per heavy atom. The summed E-state index contributed by atoms with van der Waals surface area (Å²) < 4.78 is 0. The standard InChI is InChI=1S/C15H23NO2/c1-11-6-7-14(17)13(8-11)9-16-10-15(18)12-4-2-3-5-12/h6-8,12,15-18H,2-5,9-10H2,1H3. The number of phenolic OH excluding ortho intramolecular Hbond substituents is 1. The Morgan fingerprint density at radius 3 is 2.78 bits per heavy atom. The summed E-state index contributed by atoms with van der Waals surface area (Å²) in [7, 11) is 0. The first kappa shape index (κ1) is 13.4. The summed E-state index contributed by atoms with van der Waals surface area (Å²) in [5, 5.41) is 23.0. The number of aliphatic hydroxyl groups is 1. The topological polar surface area (TPSA) is 52.5 Å². The minimum absolute atomic E-state index is 0.251. The molecule has 1 atom stereocenters. The number of aliphatic hydroxyl groups excluding tert-OH is 1. The number of nitrogens with one attached hydrogen (secondary N) is 1. The molecule has 1 aliphatic rings. The fraction of sp³-hybridized carbons (Fsp3) is 0.600. The van der Waals surface area contributed by atoms with Gasteiger partial charge in [-0.1, -0.05) is 30.5 Å².